The summed E-state index contributed by atoms with van der Waals surface area (Å²) in [5, 5.41) is 0. The molecule has 1 aliphatic rings. The summed E-state index contributed by atoms with van der Waals surface area (Å²) < 4.78 is 68.5. The van der Waals surface area contributed by atoms with Crippen molar-refractivity contribution in [3.05, 3.63) is 70.8 Å². The normalized spacial score (nSPS) is 17.8. The summed E-state index contributed by atoms with van der Waals surface area (Å²) in [6.07, 6.45) is -5.72. The van der Waals surface area contributed by atoms with Crippen LogP contribution in [-0.4, -0.2) is 19.0 Å². The van der Waals surface area contributed by atoms with E-state index in [0.717, 1.165) is 19.4 Å². The van der Waals surface area contributed by atoms with E-state index in [0.29, 0.717) is 5.92 Å². The molecule has 3 rings (SSSR count). The molecule has 1 atom stereocenters. The fraction of sp³-hybridized carbons (Fsp3) is 0.500. The second-order valence-electron chi connectivity index (χ2n) is 7.77. The lowest BCUT2D eigenvalue weighted by molar-refractivity contribution is -0.111. The van der Waals surface area contributed by atoms with E-state index in [1.165, 1.54) is 22.3 Å². The maximum absolute atomic E-state index is 10.4. The summed E-state index contributed by atoms with van der Waals surface area (Å²) in [7, 11) is 0. The van der Waals surface area contributed by atoms with Crippen LogP contribution in [0.15, 0.2) is 48.5 Å². The molecule has 0 spiro atoms. The highest BCUT2D eigenvalue weighted by Gasteiger charge is 2.46. The first kappa shape index (κ1) is 27.0. The lowest BCUT2D eigenvalue weighted by atomic mass is 9.75. The molecule has 31 heavy (non-hydrogen) atoms. The van der Waals surface area contributed by atoms with E-state index in [9.17, 15) is 26.3 Å². The van der Waals surface area contributed by atoms with E-state index in [1.807, 2.05) is 0 Å². The smallest absolute Gasteiger partial charge is 0.365 e. The van der Waals surface area contributed by atoms with Crippen LogP contribution in [0.5, 0.6) is 0 Å². The predicted molar refractivity (Wildman–Crippen MR) is 111 cm³/mol. The van der Waals surface area contributed by atoms with Gasteiger partial charge in [0.25, 0.3) is 0 Å². The average Bonchev–Trinajstić information content (AvgIpc) is 3.05. The minimum absolute atomic E-state index is 0.188. The minimum Gasteiger partial charge on any atom is -0.365 e. The van der Waals surface area contributed by atoms with Gasteiger partial charge in [-0.1, -0.05) is 66.6 Å². The van der Waals surface area contributed by atoms with Gasteiger partial charge >= 0.3 is 12.4 Å². The Balaban J connectivity index is 0.000000404. The molecule has 174 valence electrons. The van der Waals surface area contributed by atoms with Gasteiger partial charge in [0.2, 0.25) is 0 Å². The van der Waals surface area contributed by atoms with E-state index < -0.39 is 12.4 Å². The van der Waals surface area contributed by atoms with E-state index in [1.54, 1.807) is 0 Å². The van der Waals surface area contributed by atoms with Crippen LogP contribution < -0.4 is 0 Å². The van der Waals surface area contributed by atoms with Crippen LogP contribution in [0.4, 0.5) is 26.3 Å². The molecular weight excluding hydrogens is 418 g/mol. The van der Waals surface area contributed by atoms with Gasteiger partial charge in [-0.3, -0.25) is 0 Å². The lowest BCUT2D eigenvalue weighted by Crippen LogP contribution is -2.33. The summed E-state index contributed by atoms with van der Waals surface area (Å²) in [5.41, 5.74) is 4.91. The standard InChI is InChI=1S/C20H24O.2C2H3F3/c1-4-17-13-14-21-20(17,18-9-5-15(2)6-10-18)19-11-7-16(3)8-12-19;2*1-2(3,4)5/h5-12,17H,4,13-14H2,1-3H3;2*1H3. The largest absolute Gasteiger partial charge is 0.386 e. The molecule has 1 saturated heterocycles. The van der Waals surface area contributed by atoms with Crippen molar-refractivity contribution in [2.45, 2.75) is 65.4 Å². The Bertz CT molecular complexity index is 706. The van der Waals surface area contributed by atoms with E-state index in [-0.39, 0.29) is 19.4 Å². The monoisotopic (exact) mass is 448 g/mol. The van der Waals surface area contributed by atoms with Gasteiger partial charge in [0.1, 0.15) is 5.60 Å². The number of halogens is 6. The Kier molecular flexibility index (Phi) is 9.61. The van der Waals surface area contributed by atoms with Crippen LogP contribution in [0.1, 0.15) is 55.9 Å². The Hall–Kier alpha value is -2.02. The molecule has 0 amide bonds. The van der Waals surface area contributed by atoms with Crippen molar-refractivity contribution in [2.24, 2.45) is 5.92 Å². The van der Waals surface area contributed by atoms with Crippen molar-refractivity contribution >= 4 is 0 Å². The first-order valence-electron chi connectivity index (χ1n) is 10.1. The summed E-state index contributed by atoms with van der Waals surface area (Å²) in [6.45, 7) is 7.76. The van der Waals surface area contributed by atoms with Crippen LogP contribution in [0, 0.1) is 19.8 Å². The van der Waals surface area contributed by atoms with E-state index in [4.69, 9.17) is 4.74 Å². The molecule has 0 N–H and O–H groups in total. The van der Waals surface area contributed by atoms with Crippen LogP contribution in [0.25, 0.3) is 0 Å². The Morgan fingerprint density at radius 3 is 1.39 bits per heavy atom. The van der Waals surface area contributed by atoms with Gasteiger partial charge in [-0.15, -0.1) is 0 Å². The molecule has 0 saturated carbocycles. The molecule has 1 aliphatic heterocycles. The molecule has 0 aromatic heterocycles. The number of aryl methyl sites for hydroxylation is 2. The average molecular weight is 448 g/mol. The Morgan fingerprint density at radius 2 is 1.10 bits per heavy atom. The quantitative estimate of drug-likeness (QED) is 0.431. The number of rotatable bonds is 3. The molecule has 2 aromatic carbocycles. The second-order valence-corrected chi connectivity index (χ2v) is 7.77. The third-order valence-corrected chi connectivity index (χ3v) is 4.82. The first-order chi connectivity index (χ1) is 14.2. The molecule has 0 aliphatic carbocycles. The molecule has 1 nitrogen and oxygen atoms in total. The number of ether oxygens (including phenoxy) is 1. The fourth-order valence-electron chi connectivity index (χ4n) is 3.58. The fourth-order valence-corrected chi connectivity index (χ4v) is 3.58. The first-order valence-corrected chi connectivity index (χ1v) is 10.1. The zero-order valence-corrected chi connectivity index (χ0v) is 18.5. The van der Waals surface area contributed by atoms with Gasteiger partial charge < -0.3 is 4.74 Å². The van der Waals surface area contributed by atoms with Crippen molar-refractivity contribution in [1.29, 1.82) is 0 Å². The zero-order valence-electron chi connectivity index (χ0n) is 18.5. The maximum Gasteiger partial charge on any atom is 0.386 e. The van der Waals surface area contributed by atoms with Crippen molar-refractivity contribution in [3.8, 4) is 0 Å². The number of alkyl halides is 6. The number of benzene rings is 2. The van der Waals surface area contributed by atoms with Crippen molar-refractivity contribution in [1.82, 2.24) is 0 Å². The van der Waals surface area contributed by atoms with Crippen LogP contribution in [0.2, 0.25) is 0 Å². The van der Waals surface area contributed by atoms with Gasteiger partial charge in [0.05, 0.1) is 0 Å². The highest BCUT2D eigenvalue weighted by Crippen LogP contribution is 2.47. The lowest BCUT2D eigenvalue weighted by Gasteiger charge is -2.35. The molecule has 1 heterocycles. The summed E-state index contributed by atoms with van der Waals surface area (Å²) >= 11 is 0. The molecule has 1 unspecified atom stereocenters. The molecule has 7 heteroatoms. The van der Waals surface area contributed by atoms with Gasteiger partial charge in [-0.25, -0.2) is 0 Å². The number of hydrogen-bond donors (Lipinski definition) is 0. The van der Waals surface area contributed by atoms with E-state index >= 15 is 0 Å². The SMILES string of the molecule is CC(F)(F)F.CC(F)(F)F.CCC1CCOC1(c1ccc(C)cc1)c1ccc(C)cc1. The summed E-state index contributed by atoms with van der Waals surface area (Å²) in [5.74, 6) is 0.544. The maximum atomic E-state index is 10.4. The third kappa shape index (κ3) is 9.33. The Labute approximate surface area is 180 Å². The van der Waals surface area contributed by atoms with Gasteiger partial charge in [-0.2, -0.15) is 26.3 Å². The van der Waals surface area contributed by atoms with Gasteiger partial charge in [-0.05, 0) is 43.7 Å². The second kappa shape index (κ2) is 11.0. The molecular formula is C24H30F6O. The number of hydrogen-bond acceptors (Lipinski definition) is 1. The van der Waals surface area contributed by atoms with Crippen LogP contribution >= 0.6 is 0 Å². The van der Waals surface area contributed by atoms with Gasteiger partial charge in [0.15, 0.2) is 0 Å². The molecule has 1 fully saturated rings. The molecule has 0 bridgehead atoms. The van der Waals surface area contributed by atoms with Crippen molar-refractivity contribution in [2.75, 3.05) is 6.61 Å². The van der Waals surface area contributed by atoms with Gasteiger partial charge in [0, 0.05) is 20.5 Å². The van der Waals surface area contributed by atoms with Crippen LogP contribution in [0.3, 0.4) is 0 Å². The zero-order chi connectivity index (χ0) is 23.9. The highest BCUT2D eigenvalue weighted by molar-refractivity contribution is 5.40. The van der Waals surface area contributed by atoms with Crippen LogP contribution in [-0.2, 0) is 10.3 Å². The van der Waals surface area contributed by atoms with Crippen molar-refractivity contribution in [3.63, 3.8) is 0 Å². The topological polar surface area (TPSA) is 9.23 Å². The Morgan fingerprint density at radius 1 is 0.774 bits per heavy atom. The predicted octanol–water partition coefficient (Wildman–Crippen LogP) is 8.13. The minimum atomic E-state index is -4.00. The summed E-state index contributed by atoms with van der Waals surface area (Å²) in [4.78, 5) is 0. The molecule has 0 radical (unpaired) electrons. The van der Waals surface area contributed by atoms with Crippen molar-refractivity contribution < 1.29 is 31.1 Å². The molecule has 2 aromatic rings. The highest BCUT2D eigenvalue weighted by atomic mass is 19.4. The third-order valence-electron chi connectivity index (χ3n) is 4.82. The summed E-state index contributed by atoms with van der Waals surface area (Å²) in [6, 6.07) is 17.7. The van der Waals surface area contributed by atoms with E-state index in [2.05, 4.69) is 69.3 Å².